The van der Waals surface area contributed by atoms with E-state index >= 15 is 0 Å². The highest BCUT2D eigenvalue weighted by molar-refractivity contribution is 5.46. The van der Waals surface area contributed by atoms with Crippen LogP contribution in [0.3, 0.4) is 0 Å². The van der Waals surface area contributed by atoms with Crippen LogP contribution in [0, 0.1) is 12.7 Å². The summed E-state index contributed by atoms with van der Waals surface area (Å²) in [5.41, 5.74) is 2.14. The van der Waals surface area contributed by atoms with Gasteiger partial charge in [0.1, 0.15) is 30.8 Å². The zero-order valence-electron chi connectivity index (χ0n) is 14.6. The van der Waals surface area contributed by atoms with E-state index in [4.69, 9.17) is 4.74 Å². The van der Waals surface area contributed by atoms with Gasteiger partial charge in [-0.25, -0.2) is 4.39 Å². The number of piperazine rings is 1. The van der Waals surface area contributed by atoms with Crippen LogP contribution in [0.4, 0.5) is 10.1 Å². The average molecular weight is 345 g/mol. The van der Waals surface area contributed by atoms with Crippen LogP contribution in [0.2, 0.25) is 0 Å². The quantitative estimate of drug-likeness (QED) is 0.828. The molecule has 1 aliphatic rings. The Morgan fingerprint density at radius 3 is 2.48 bits per heavy atom. The van der Waals surface area contributed by atoms with Crippen LogP contribution in [0.1, 0.15) is 5.56 Å². The Morgan fingerprint density at radius 2 is 1.80 bits per heavy atom. The Kier molecular flexibility index (Phi) is 5.89. The van der Waals surface area contributed by atoms with Gasteiger partial charge >= 0.3 is 0 Å². The number of hydrogen-bond acceptors (Lipinski definition) is 3. The number of hydrogen-bond donors (Lipinski definition) is 2. The summed E-state index contributed by atoms with van der Waals surface area (Å²) in [5.74, 6) is 0.627. The predicted octanol–water partition coefficient (Wildman–Crippen LogP) is 1.28. The normalized spacial score (nSPS) is 16.7. The highest BCUT2D eigenvalue weighted by atomic mass is 19.1. The molecule has 0 spiro atoms. The number of nitrogens with one attached hydrogen (secondary N) is 1. The van der Waals surface area contributed by atoms with E-state index in [1.165, 1.54) is 17.0 Å². The van der Waals surface area contributed by atoms with Crippen molar-refractivity contribution in [2.75, 3.05) is 44.2 Å². The van der Waals surface area contributed by atoms with Crippen molar-refractivity contribution in [3.8, 4) is 5.75 Å². The van der Waals surface area contributed by atoms with Gasteiger partial charge in [-0.05, 0) is 42.8 Å². The topological polar surface area (TPSA) is 37.1 Å². The number of aliphatic hydroxyl groups is 1. The van der Waals surface area contributed by atoms with Gasteiger partial charge in [0, 0.05) is 5.69 Å². The molecule has 1 heterocycles. The smallest absolute Gasteiger partial charge is 0.137 e. The van der Waals surface area contributed by atoms with Crippen molar-refractivity contribution in [1.82, 2.24) is 0 Å². The highest BCUT2D eigenvalue weighted by Crippen LogP contribution is 2.16. The molecule has 134 valence electrons. The first-order valence-electron chi connectivity index (χ1n) is 8.82. The van der Waals surface area contributed by atoms with Crippen molar-refractivity contribution >= 4 is 5.69 Å². The van der Waals surface area contributed by atoms with Crippen molar-refractivity contribution in [2.45, 2.75) is 13.0 Å². The molecule has 5 heteroatoms. The number of quaternary nitrogens is 1. The van der Waals surface area contributed by atoms with E-state index in [0.717, 1.165) is 43.2 Å². The number of anilines is 1. The third kappa shape index (κ3) is 4.94. The van der Waals surface area contributed by atoms with Crippen LogP contribution >= 0.6 is 0 Å². The van der Waals surface area contributed by atoms with E-state index in [2.05, 4.69) is 4.90 Å². The van der Waals surface area contributed by atoms with Crippen molar-refractivity contribution < 1.29 is 19.1 Å². The van der Waals surface area contributed by atoms with Gasteiger partial charge in [0.05, 0.1) is 26.2 Å². The summed E-state index contributed by atoms with van der Waals surface area (Å²) in [6.07, 6.45) is -0.480. The van der Waals surface area contributed by atoms with E-state index in [9.17, 15) is 9.50 Å². The van der Waals surface area contributed by atoms with Crippen molar-refractivity contribution in [2.24, 2.45) is 0 Å². The minimum atomic E-state index is -0.480. The highest BCUT2D eigenvalue weighted by Gasteiger charge is 2.23. The molecule has 0 bridgehead atoms. The number of nitrogens with zero attached hydrogens (tertiary/aromatic N) is 1. The maximum atomic E-state index is 13.0. The third-order valence-corrected chi connectivity index (χ3v) is 4.71. The Morgan fingerprint density at radius 1 is 1.12 bits per heavy atom. The summed E-state index contributed by atoms with van der Waals surface area (Å²) in [7, 11) is 0. The van der Waals surface area contributed by atoms with Gasteiger partial charge in [0.25, 0.3) is 0 Å². The Balaban J connectivity index is 1.42. The van der Waals surface area contributed by atoms with E-state index in [-0.39, 0.29) is 5.82 Å². The summed E-state index contributed by atoms with van der Waals surface area (Å²) in [6, 6.07) is 14.5. The molecule has 1 atom stereocenters. The molecule has 2 aromatic carbocycles. The summed E-state index contributed by atoms with van der Waals surface area (Å²) >= 11 is 0. The number of rotatable bonds is 6. The molecule has 0 unspecified atom stereocenters. The van der Waals surface area contributed by atoms with Gasteiger partial charge < -0.3 is 19.6 Å². The second kappa shape index (κ2) is 8.32. The summed E-state index contributed by atoms with van der Waals surface area (Å²) in [5, 5.41) is 10.3. The van der Waals surface area contributed by atoms with Gasteiger partial charge in [-0.15, -0.1) is 0 Å². The molecule has 25 heavy (non-hydrogen) atoms. The molecule has 2 aromatic rings. The number of halogens is 1. The molecule has 0 amide bonds. The molecule has 1 saturated heterocycles. The predicted molar refractivity (Wildman–Crippen MR) is 96.9 cm³/mol. The molecule has 0 aromatic heterocycles. The van der Waals surface area contributed by atoms with Crippen LogP contribution < -0.4 is 14.5 Å². The summed E-state index contributed by atoms with van der Waals surface area (Å²) in [6.45, 7) is 6.73. The van der Waals surface area contributed by atoms with Gasteiger partial charge in [-0.1, -0.05) is 18.2 Å². The molecular weight excluding hydrogens is 319 g/mol. The lowest BCUT2D eigenvalue weighted by atomic mass is 10.2. The Bertz CT molecular complexity index is 670. The van der Waals surface area contributed by atoms with E-state index < -0.39 is 6.10 Å². The first-order chi connectivity index (χ1) is 12.1. The van der Waals surface area contributed by atoms with Crippen molar-refractivity contribution in [3.63, 3.8) is 0 Å². The maximum absolute atomic E-state index is 13.0. The third-order valence-electron chi connectivity index (χ3n) is 4.71. The monoisotopic (exact) mass is 345 g/mol. The first-order valence-corrected chi connectivity index (χ1v) is 8.82. The van der Waals surface area contributed by atoms with Crippen LogP contribution in [-0.4, -0.2) is 50.5 Å². The molecule has 0 aliphatic carbocycles. The second-order valence-electron chi connectivity index (χ2n) is 6.65. The lowest BCUT2D eigenvalue weighted by molar-refractivity contribution is -0.903. The van der Waals surface area contributed by atoms with Gasteiger partial charge in [-0.2, -0.15) is 0 Å². The van der Waals surface area contributed by atoms with Crippen LogP contribution in [0.5, 0.6) is 5.75 Å². The summed E-state index contributed by atoms with van der Waals surface area (Å²) < 4.78 is 18.7. The fourth-order valence-corrected chi connectivity index (χ4v) is 3.23. The largest absolute Gasteiger partial charge is 0.490 e. The first kappa shape index (κ1) is 17.7. The minimum absolute atomic E-state index is 0.204. The van der Waals surface area contributed by atoms with E-state index in [1.54, 1.807) is 0 Å². The molecule has 2 N–H and O–H groups in total. The van der Waals surface area contributed by atoms with Crippen LogP contribution in [0.15, 0.2) is 48.5 Å². The van der Waals surface area contributed by atoms with Crippen LogP contribution in [0.25, 0.3) is 0 Å². The standard InChI is InChI=1S/C20H25FN2O2/c1-16-4-2-3-5-20(16)25-15-19(24)14-22-10-12-23(13-11-22)18-8-6-17(21)7-9-18/h2-9,19,24H,10-15H2,1H3/p+1/t19-/m0/s1. The zero-order valence-corrected chi connectivity index (χ0v) is 14.6. The SMILES string of the molecule is Cc1ccccc1OC[C@@H](O)C[NH+]1CCN(c2ccc(F)cc2)CC1. The molecular formula is C20H26FN2O2+. The van der Waals surface area contributed by atoms with Gasteiger partial charge in [0.2, 0.25) is 0 Å². The lowest BCUT2D eigenvalue weighted by Crippen LogP contribution is -3.16. The minimum Gasteiger partial charge on any atom is -0.490 e. The Hall–Kier alpha value is -2.11. The molecule has 3 rings (SSSR count). The van der Waals surface area contributed by atoms with Crippen molar-refractivity contribution in [3.05, 3.63) is 59.9 Å². The number of ether oxygens (including phenoxy) is 1. The Labute approximate surface area is 148 Å². The van der Waals surface area contributed by atoms with Gasteiger partial charge in [-0.3, -0.25) is 0 Å². The van der Waals surface area contributed by atoms with Crippen LogP contribution in [-0.2, 0) is 0 Å². The summed E-state index contributed by atoms with van der Waals surface area (Å²) in [4.78, 5) is 3.64. The van der Waals surface area contributed by atoms with Crippen molar-refractivity contribution in [1.29, 1.82) is 0 Å². The number of para-hydroxylation sites is 1. The number of aliphatic hydroxyl groups excluding tert-OH is 1. The molecule has 1 aliphatic heterocycles. The van der Waals surface area contributed by atoms with E-state index in [1.807, 2.05) is 43.3 Å². The molecule has 1 fully saturated rings. The number of aryl methyl sites for hydroxylation is 1. The maximum Gasteiger partial charge on any atom is 0.137 e. The molecule has 0 radical (unpaired) electrons. The molecule has 4 nitrogen and oxygen atoms in total. The fourth-order valence-electron chi connectivity index (χ4n) is 3.23. The van der Waals surface area contributed by atoms with E-state index in [0.29, 0.717) is 13.2 Å². The number of benzene rings is 2. The lowest BCUT2D eigenvalue weighted by Gasteiger charge is -2.34. The molecule has 0 saturated carbocycles. The zero-order chi connectivity index (χ0) is 17.6. The second-order valence-corrected chi connectivity index (χ2v) is 6.65. The fraction of sp³-hybridized carbons (Fsp3) is 0.400. The average Bonchev–Trinajstić information content (AvgIpc) is 2.62. The van der Waals surface area contributed by atoms with Gasteiger partial charge in [0.15, 0.2) is 0 Å².